The maximum atomic E-state index is 9.41. The number of benzene rings is 1. The molecule has 0 unspecified atom stereocenters. The Morgan fingerprint density at radius 3 is 2.44 bits per heavy atom. The van der Waals surface area contributed by atoms with Crippen LogP contribution in [-0.4, -0.2) is 20.2 Å². The smallest absolute Gasteiger partial charge is 0.174 e. The molecule has 0 amide bonds. The minimum atomic E-state index is -0.173. The topological polar surface area (TPSA) is 69.7 Å². The van der Waals surface area contributed by atoms with Gasteiger partial charge < -0.3 is 20.8 Å². The number of rotatable bonds is 0. The van der Waals surface area contributed by atoms with E-state index in [1.807, 2.05) is 0 Å². The van der Waals surface area contributed by atoms with Crippen LogP contribution in [0.2, 0.25) is 0 Å². The second kappa shape index (κ2) is 3.86. The van der Waals surface area contributed by atoms with Crippen LogP contribution in [0.25, 0.3) is 12.3 Å². The highest BCUT2D eigenvalue weighted by atomic mass is 32.1. The molecule has 1 heterocycles. The minimum absolute atomic E-state index is 0.152. The zero-order valence-corrected chi connectivity index (χ0v) is 9.11. The lowest BCUT2D eigenvalue weighted by molar-refractivity contribution is 0.403. The van der Waals surface area contributed by atoms with Crippen molar-refractivity contribution in [2.24, 2.45) is 5.73 Å². The molecule has 1 aliphatic heterocycles. The Hall–Kier alpha value is -2.01. The molecule has 0 fully saturated rings. The number of phenolic OH excluding ortho intramolecular Hbond substituents is 2. The highest BCUT2D eigenvalue weighted by Gasteiger charge is 2.03. The van der Waals surface area contributed by atoms with E-state index in [4.69, 9.17) is 18.0 Å². The molecule has 0 atom stereocenters. The monoisotopic (exact) mass is 234 g/mol. The third-order valence-electron chi connectivity index (χ3n) is 2.24. The normalized spacial score (nSPS) is 13.4. The van der Waals surface area contributed by atoms with Crippen LogP contribution >= 0.6 is 12.2 Å². The fourth-order valence-corrected chi connectivity index (χ4v) is 1.55. The van der Waals surface area contributed by atoms with Crippen molar-refractivity contribution in [3.8, 4) is 11.5 Å². The van der Waals surface area contributed by atoms with Crippen LogP contribution in [0.3, 0.4) is 0 Å². The quantitative estimate of drug-likeness (QED) is 0.424. The molecule has 0 saturated carbocycles. The summed E-state index contributed by atoms with van der Waals surface area (Å²) in [6.45, 7) is 0. The van der Waals surface area contributed by atoms with Gasteiger partial charge in [0.25, 0.3) is 0 Å². The van der Waals surface area contributed by atoms with E-state index in [9.17, 15) is 10.2 Å². The fraction of sp³-hybridized carbons (Fsp3) is 0. The molecular weight excluding hydrogens is 224 g/mol. The number of nitrogens with two attached hydrogens (primary N) is 1. The Morgan fingerprint density at radius 2 is 1.81 bits per heavy atom. The van der Waals surface area contributed by atoms with Crippen molar-refractivity contribution < 1.29 is 10.2 Å². The summed E-state index contributed by atoms with van der Waals surface area (Å²) in [7, 11) is 0. The molecule has 4 nitrogen and oxygen atoms in total. The summed E-state index contributed by atoms with van der Waals surface area (Å²) in [5, 5.41) is 20.5. The van der Waals surface area contributed by atoms with Crippen molar-refractivity contribution in [2.45, 2.75) is 0 Å². The van der Waals surface area contributed by atoms with Crippen LogP contribution < -0.4 is 16.2 Å². The molecule has 5 heteroatoms. The van der Waals surface area contributed by atoms with Crippen LogP contribution in [0.15, 0.2) is 24.4 Å². The molecule has 1 aromatic rings. The van der Waals surface area contributed by atoms with Gasteiger partial charge in [-0.05, 0) is 35.6 Å². The van der Waals surface area contributed by atoms with Crippen LogP contribution in [0, 0.1) is 0 Å². The van der Waals surface area contributed by atoms with Gasteiger partial charge in [-0.3, -0.25) is 0 Å². The molecule has 82 valence electrons. The van der Waals surface area contributed by atoms with E-state index < -0.39 is 0 Å². The molecule has 0 radical (unpaired) electrons. The molecule has 16 heavy (non-hydrogen) atoms. The number of hydrogen-bond acceptors (Lipinski definition) is 3. The predicted octanol–water partition coefficient (Wildman–Crippen LogP) is -0.311. The first-order valence-electron chi connectivity index (χ1n) is 4.58. The third kappa shape index (κ3) is 1.85. The van der Waals surface area contributed by atoms with Gasteiger partial charge in [-0.15, -0.1) is 0 Å². The Kier molecular flexibility index (Phi) is 2.54. The molecular formula is C11H10N2O2S. The average Bonchev–Trinajstić information content (AvgIpc) is 2.41. The number of nitrogens with zero attached hydrogens (tertiary/aromatic N) is 1. The van der Waals surface area contributed by atoms with Crippen molar-refractivity contribution in [2.75, 3.05) is 0 Å². The Balaban J connectivity index is 2.70. The number of aromatic hydroxyl groups is 2. The molecule has 0 aromatic heterocycles. The van der Waals surface area contributed by atoms with Crippen molar-refractivity contribution in [1.29, 1.82) is 0 Å². The maximum absolute atomic E-state index is 9.41. The van der Waals surface area contributed by atoms with E-state index >= 15 is 0 Å². The maximum Gasteiger partial charge on any atom is 0.174 e. The summed E-state index contributed by atoms with van der Waals surface area (Å²) in [4.78, 5) is 1.56. The second-order valence-corrected chi connectivity index (χ2v) is 3.77. The first-order valence-corrected chi connectivity index (χ1v) is 4.99. The Labute approximate surface area is 97.2 Å². The Morgan fingerprint density at radius 1 is 1.19 bits per heavy atom. The van der Waals surface area contributed by atoms with Gasteiger partial charge in [-0.25, -0.2) is 0 Å². The number of thiocarbonyl (C=S) groups is 1. The highest BCUT2D eigenvalue weighted by Crippen LogP contribution is 2.18. The van der Waals surface area contributed by atoms with Gasteiger partial charge in [0.15, 0.2) is 16.6 Å². The molecule has 0 bridgehead atoms. The third-order valence-corrected chi connectivity index (χ3v) is 2.45. The standard InChI is InChI=1S/C11H10N2O2S/c12-11(16)13-3-1-2-7-4-9(14)10(15)5-8(7)6-13/h1-6,14-15H,(H2,12,16). The van der Waals surface area contributed by atoms with Crippen molar-refractivity contribution in [3.63, 3.8) is 0 Å². The van der Waals surface area contributed by atoms with E-state index in [-0.39, 0.29) is 16.6 Å². The van der Waals surface area contributed by atoms with Gasteiger partial charge in [-0.2, -0.15) is 0 Å². The summed E-state index contributed by atoms with van der Waals surface area (Å²) < 4.78 is 0. The molecule has 1 aliphatic rings. The van der Waals surface area contributed by atoms with Crippen LogP contribution in [0.1, 0.15) is 0 Å². The second-order valence-electron chi connectivity index (χ2n) is 3.35. The molecule has 0 spiro atoms. The molecule has 1 aromatic carbocycles. The first-order chi connectivity index (χ1) is 7.58. The Bertz CT molecular complexity index is 593. The van der Waals surface area contributed by atoms with Gasteiger partial charge in [0.05, 0.1) is 0 Å². The van der Waals surface area contributed by atoms with E-state index in [1.165, 1.54) is 12.1 Å². The molecule has 2 rings (SSSR count). The lowest BCUT2D eigenvalue weighted by Gasteiger charge is -2.11. The van der Waals surface area contributed by atoms with Crippen LogP contribution in [0.5, 0.6) is 11.5 Å². The molecule has 0 saturated heterocycles. The van der Waals surface area contributed by atoms with E-state index in [2.05, 4.69) is 0 Å². The van der Waals surface area contributed by atoms with Crippen molar-refractivity contribution >= 4 is 29.6 Å². The lowest BCUT2D eigenvalue weighted by Crippen LogP contribution is -2.31. The van der Waals surface area contributed by atoms with Crippen molar-refractivity contribution in [1.82, 2.24) is 4.90 Å². The molecule has 0 aliphatic carbocycles. The number of allylic oxidation sites excluding steroid dienone is 1. The SMILES string of the molecule is NC(=S)N1C=CC=c2cc(O)c(O)cc2=C1. The molecule has 4 N–H and O–H groups in total. The van der Waals surface area contributed by atoms with E-state index in [0.717, 1.165) is 10.4 Å². The highest BCUT2D eigenvalue weighted by molar-refractivity contribution is 7.80. The van der Waals surface area contributed by atoms with Crippen LogP contribution in [-0.2, 0) is 0 Å². The summed E-state index contributed by atoms with van der Waals surface area (Å²) >= 11 is 4.86. The summed E-state index contributed by atoms with van der Waals surface area (Å²) in [6.07, 6.45) is 6.95. The summed E-state index contributed by atoms with van der Waals surface area (Å²) in [5.41, 5.74) is 5.51. The van der Waals surface area contributed by atoms with Crippen LogP contribution in [0.4, 0.5) is 0 Å². The van der Waals surface area contributed by atoms with Gasteiger partial charge in [0.1, 0.15) is 0 Å². The predicted molar refractivity (Wildman–Crippen MR) is 65.7 cm³/mol. The average molecular weight is 234 g/mol. The summed E-state index contributed by atoms with van der Waals surface area (Å²) in [6, 6.07) is 2.94. The number of hydrogen-bond donors (Lipinski definition) is 3. The van der Waals surface area contributed by atoms with E-state index in [1.54, 1.807) is 29.5 Å². The largest absolute Gasteiger partial charge is 0.504 e. The van der Waals surface area contributed by atoms with E-state index in [0.29, 0.717) is 0 Å². The van der Waals surface area contributed by atoms with Gasteiger partial charge in [-0.1, -0.05) is 6.08 Å². The zero-order valence-electron chi connectivity index (χ0n) is 8.29. The van der Waals surface area contributed by atoms with Crippen molar-refractivity contribution in [3.05, 3.63) is 34.8 Å². The minimum Gasteiger partial charge on any atom is -0.504 e. The zero-order chi connectivity index (χ0) is 11.7. The van der Waals surface area contributed by atoms with Gasteiger partial charge in [0, 0.05) is 17.6 Å². The fourth-order valence-electron chi connectivity index (χ4n) is 1.43. The van der Waals surface area contributed by atoms with Gasteiger partial charge in [0.2, 0.25) is 0 Å². The number of fused-ring (bicyclic) bond motifs is 1. The lowest BCUT2D eigenvalue weighted by atomic mass is 10.2. The van der Waals surface area contributed by atoms with Gasteiger partial charge >= 0.3 is 0 Å². The summed E-state index contributed by atoms with van der Waals surface area (Å²) in [5.74, 6) is -0.325. The number of phenols is 2. The first kappa shape index (κ1) is 10.5.